The lowest BCUT2D eigenvalue weighted by Crippen LogP contribution is -2.53. The molecule has 2 aliphatic rings. The van der Waals surface area contributed by atoms with E-state index in [0.29, 0.717) is 18.4 Å². The lowest BCUT2D eigenvalue weighted by molar-refractivity contribution is -0.163. The van der Waals surface area contributed by atoms with Gasteiger partial charge in [0, 0.05) is 18.4 Å². The maximum Gasteiger partial charge on any atom is 0.408 e. The molecule has 2 bridgehead atoms. The van der Waals surface area contributed by atoms with Crippen LogP contribution in [0, 0.1) is 17.8 Å². The minimum Gasteiger partial charge on any atom is -0.344 e. The van der Waals surface area contributed by atoms with Crippen molar-refractivity contribution >= 4 is 5.91 Å². The van der Waals surface area contributed by atoms with Crippen LogP contribution in [0.15, 0.2) is 30.3 Å². The number of rotatable bonds is 4. The van der Waals surface area contributed by atoms with E-state index in [-0.39, 0.29) is 30.2 Å². The summed E-state index contributed by atoms with van der Waals surface area (Å²) in [5.41, 5.74) is 6.77. The fourth-order valence-corrected chi connectivity index (χ4v) is 4.39. The normalized spacial score (nSPS) is 30.6. The number of hydrogen-bond acceptors (Lipinski definition) is 2. The summed E-state index contributed by atoms with van der Waals surface area (Å²) in [5.74, 6) is -0.291. The van der Waals surface area contributed by atoms with Gasteiger partial charge in [-0.1, -0.05) is 36.8 Å². The van der Waals surface area contributed by atoms with Crippen LogP contribution in [0.1, 0.15) is 37.7 Å². The van der Waals surface area contributed by atoms with Crippen LogP contribution < -0.4 is 11.1 Å². The van der Waals surface area contributed by atoms with Crippen molar-refractivity contribution in [2.45, 2.75) is 56.8 Å². The summed E-state index contributed by atoms with van der Waals surface area (Å²) in [6, 6.07) is 6.71. The Balaban J connectivity index is 1.66. The summed E-state index contributed by atoms with van der Waals surface area (Å²) in [7, 11) is 0. The Hall–Kier alpha value is -1.56. The third-order valence-corrected chi connectivity index (χ3v) is 5.78. The van der Waals surface area contributed by atoms with Gasteiger partial charge in [0.25, 0.3) is 0 Å². The van der Waals surface area contributed by atoms with E-state index in [2.05, 4.69) is 5.32 Å². The summed E-state index contributed by atoms with van der Waals surface area (Å²) in [6.45, 7) is 0. The zero-order valence-electron chi connectivity index (χ0n) is 14.1. The minimum absolute atomic E-state index is 0.0977. The standard InChI is InChI=1S/C19H25F3N2O/c20-19(21,22)16(9-12-5-2-1-3-6-12)24-18(25)15-10-13-7-4-8-14(11-15)17(13)23/h1-3,5-6,13-17H,4,7-11,23H2,(H,24,25). The molecule has 3 N–H and O–H groups in total. The number of hydrogen-bond donors (Lipinski definition) is 2. The molecule has 3 nitrogen and oxygen atoms in total. The van der Waals surface area contributed by atoms with E-state index >= 15 is 0 Å². The Kier molecular flexibility index (Phi) is 5.37. The number of carbonyl (C=O) groups is 1. The summed E-state index contributed by atoms with van der Waals surface area (Å²) < 4.78 is 40.2. The topological polar surface area (TPSA) is 55.1 Å². The lowest BCUT2D eigenvalue weighted by Gasteiger charge is -2.43. The third-order valence-electron chi connectivity index (χ3n) is 5.78. The number of alkyl halides is 3. The molecular formula is C19H25F3N2O. The first kappa shape index (κ1) is 18.2. The number of nitrogens with one attached hydrogen (secondary N) is 1. The van der Waals surface area contributed by atoms with Gasteiger partial charge in [-0.2, -0.15) is 13.2 Å². The van der Waals surface area contributed by atoms with Crippen molar-refractivity contribution in [3.63, 3.8) is 0 Å². The van der Waals surface area contributed by atoms with Crippen LogP contribution in [0.3, 0.4) is 0 Å². The number of nitrogens with two attached hydrogens (primary N) is 1. The molecule has 2 aliphatic carbocycles. The Bertz CT molecular complexity index is 576. The summed E-state index contributed by atoms with van der Waals surface area (Å²) in [6.07, 6.45) is -0.417. The second-order valence-electron chi connectivity index (χ2n) is 7.49. The number of benzene rings is 1. The number of halogens is 3. The maximum absolute atomic E-state index is 13.4. The Morgan fingerprint density at radius 1 is 1.16 bits per heavy atom. The highest BCUT2D eigenvalue weighted by atomic mass is 19.4. The van der Waals surface area contributed by atoms with Gasteiger partial charge in [-0.25, -0.2) is 0 Å². The molecule has 0 heterocycles. The largest absolute Gasteiger partial charge is 0.408 e. The van der Waals surface area contributed by atoms with Crippen LogP contribution in [0.5, 0.6) is 0 Å². The van der Waals surface area contributed by atoms with Crippen molar-refractivity contribution < 1.29 is 18.0 Å². The van der Waals surface area contributed by atoms with E-state index in [4.69, 9.17) is 5.73 Å². The molecule has 0 radical (unpaired) electrons. The number of fused-ring (bicyclic) bond motifs is 2. The second-order valence-corrected chi connectivity index (χ2v) is 7.49. The van der Waals surface area contributed by atoms with Crippen LogP contribution in [0.25, 0.3) is 0 Å². The second kappa shape index (κ2) is 7.36. The van der Waals surface area contributed by atoms with Crippen molar-refractivity contribution in [2.75, 3.05) is 0 Å². The van der Waals surface area contributed by atoms with E-state index in [1.54, 1.807) is 30.3 Å². The van der Waals surface area contributed by atoms with Crippen molar-refractivity contribution in [3.05, 3.63) is 35.9 Å². The van der Waals surface area contributed by atoms with Crippen LogP contribution in [-0.2, 0) is 11.2 Å². The molecule has 2 fully saturated rings. The van der Waals surface area contributed by atoms with Crippen molar-refractivity contribution in [3.8, 4) is 0 Å². The number of amides is 1. The summed E-state index contributed by atoms with van der Waals surface area (Å²) >= 11 is 0. The minimum atomic E-state index is -4.47. The molecule has 6 heteroatoms. The van der Waals surface area contributed by atoms with E-state index in [1.807, 2.05) is 0 Å². The SMILES string of the molecule is NC1C2CCCC1CC(C(=O)NC(Cc1ccccc1)C(F)(F)F)C2. The molecule has 3 unspecified atom stereocenters. The average molecular weight is 354 g/mol. The molecule has 3 atom stereocenters. The number of carbonyl (C=O) groups excluding carboxylic acids is 1. The molecule has 1 amide bonds. The van der Waals surface area contributed by atoms with Crippen LogP contribution in [0.2, 0.25) is 0 Å². The van der Waals surface area contributed by atoms with Gasteiger partial charge in [-0.05, 0) is 43.1 Å². The van der Waals surface area contributed by atoms with E-state index < -0.39 is 18.1 Å². The highest BCUT2D eigenvalue weighted by Crippen LogP contribution is 2.42. The fraction of sp³-hybridized carbons (Fsp3) is 0.632. The zero-order chi connectivity index (χ0) is 18.0. The van der Waals surface area contributed by atoms with Crippen molar-refractivity contribution in [2.24, 2.45) is 23.5 Å². The van der Waals surface area contributed by atoms with Gasteiger partial charge >= 0.3 is 6.18 Å². The van der Waals surface area contributed by atoms with Gasteiger partial charge in [-0.3, -0.25) is 4.79 Å². The fourth-order valence-electron chi connectivity index (χ4n) is 4.39. The molecule has 138 valence electrons. The van der Waals surface area contributed by atoms with Crippen LogP contribution in [0.4, 0.5) is 13.2 Å². The van der Waals surface area contributed by atoms with E-state index in [9.17, 15) is 18.0 Å². The predicted molar refractivity (Wildman–Crippen MR) is 89.7 cm³/mol. The molecule has 1 aromatic rings. The highest BCUT2D eigenvalue weighted by molar-refractivity contribution is 5.79. The van der Waals surface area contributed by atoms with E-state index in [1.165, 1.54) is 0 Å². The van der Waals surface area contributed by atoms with Crippen molar-refractivity contribution in [1.29, 1.82) is 0 Å². The average Bonchev–Trinajstić information content (AvgIpc) is 2.54. The van der Waals surface area contributed by atoms with Gasteiger partial charge < -0.3 is 11.1 Å². The first-order valence-corrected chi connectivity index (χ1v) is 9.01. The molecule has 3 rings (SSSR count). The molecule has 0 saturated heterocycles. The monoisotopic (exact) mass is 354 g/mol. The molecule has 0 spiro atoms. The molecule has 0 aromatic heterocycles. The zero-order valence-corrected chi connectivity index (χ0v) is 14.1. The summed E-state index contributed by atoms with van der Waals surface area (Å²) in [5, 5.41) is 2.27. The van der Waals surface area contributed by atoms with Gasteiger partial charge in [-0.15, -0.1) is 0 Å². The predicted octanol–water partition coefficient (Wildman–Crippen LogP) is 3.43. The molecule has 1 aromatic carbocycles. The van der Waals surface area contributed by atoms with Crippen LogP contribution >= 0.6 is 0 Å². The first-order chi connectivity index (χ1) is 11.8. The Morgan fingerprint density at radius 2 is 1.76 bits per heavy atom. The van der Waals surface area contributed by atoms with Crippen LogP contribution in [-0.4, -0.2) is 24.2 Å². The van der Waals surface area contributed by atoms with Gasteiger partial charge in [0.2, 0.25) is 5.91 Å². The van der Waals surface area contributed by atoms with Gasteiger partial charge in [0.05, 0.1) is 0 Å². The quantitative estimate of drug-likeness (QED) is 0.870. The molecular weight excluding hydrogens is 329 g/mol. The highest BCUT2D eigenvalue weighted by Gasteiger charge is 2.44. The molecule has 2 saturated carbocycles. The van der Waals surface area contributed by atoms with Crippen molar-refractivity contribution in [1.82, 2.24) is 5.32 Å². The van der Waals surface area contributed by atoms with Gasteiger partial charge in [0.15, 0.2) is 0 Å². The maximum atomic E-state index is 13.4. The molecule has 25 heavy (non-hydrogen) atoms. The third kappa shape index (κ3) is 4.35. The Labute approximate surface area is 146 Å². The first-order valence-electron chi connectivity index (χ1n) is 9.01. The lowest BCUT2D eigenvalue weighted by atomic mass is 9.65. The van der Waals surface area contributed by atoms with Gasteiger partial charge in [0.1, 0.15) is 6.04 Å². The Morgan fingerprint density at radius 3 is 2.32 bits per heavy atom. The van der Waals surface area contributed by atoms with E-state index in [0.717, 1.165) is 19.3 Å². The smallest absolute Gasteiger partial charge is 0.344 e. The molecule has 0 aliphatic heterocycles. The summed E-state index contributed by atoms with van der Waals surface area (Å²) in [4.78, 5) is 12.5.